The van der Waals surface area contributed by atoms with E-state index >= 15 is 0 Å². The molecule has 0 aliphatic carbocycles. The number of nitrogens with one attached hydrogen (secondary N) is 1. The number of hydrogen-bond donors (Lipinski definition) is 1. The zero-order valence-corrected chi connectivity index (χ0v) is 10.1. The first kappa shape index (κ1) is 11.6. The van der Waals surface area contributed by atoms with Crippen molar-refractivity contribution in [1.82, 2.24) is 10.2 Å². The lowest BCUT2D eigenvalue weighted by Gasteiger charge is -2.09. The molecule has 1 fully saturated rings. The van der Waals surface area contributed by atoms with E-state index in [1.54, 1.807) is 12.3 Å². The lowest BCUT2D eigenvalue weighted by atomic mass is 10.1. The zero-order valence-electron chi connectivity index (χ0n) is 8.56. The van der Waals surface area contributed by atoms with Crippen molar-refractivity contribution in [1.29, 1.82) is 0 Å². The van der Waals surface area contributed by atoms with E-state index in [4.69, 9.17) is 11.6 Å². The molecule has 0 radical (unpaired) electrons. The predicted octanol–water partition coefficient (Wildman–Crippen LogP) is 0.977. The lowest BCUT2D eigenvalue weighted by Crippen LogP contribution is -2.15. The van der Waals surface area contributed by atoms with Gasteiger partial charge in [0.25, 0.3) is 0 Å². The second-order valence-corrected chi connectivity index (χ2v) is 6.53. The van der Waals surface area contributed by atoms with Crippen molar-refractivity contribution in [2.75, 3.05) is 23.4 Å². The van der Waals surface area contributed by atoms with Crippen LogP contribution in [0.2, 0.25) is 5.15 Å². The maximum atomic E-state index is 11.2. The highest BCUT2D eigenvalue weighted by molar-refractivity contribution is 7.91. The fourth-order valence-electron chi connectivity index (χ4n) is 1.73. The molecule has 0 amide bonds. The number of anilines is 1. The standard InChI is InChI=1S/C9H12ClN3O2S/c10-9-3-8(5-12-13-9)11-4-7-1-2-16(14,15)6-7/h3,5,7H,1-2,4,6H2,(H,11,13). The summed E-state index contributed by atoms with van der Waals surface area (Å²) >= 11 is 5.68. The van der Waals surface area contributed by atoms with Crippen LogP contribution in [0, 0.1) is 5.92 Å². The first-order chi connectivity index (χ1) is 7.55. The summed E-state index contributed by atoms with van der Waals surface area (Å²) in [7, 11) is -2.80. The SMILES string of the molecule is O=S1(=O)CCC(CNc2cnnc(Cl)c2)C1. The van der Waals surface area contributed by atoms with E-state index in [9.17, 15) is 8.42 Å². The molecule has 1 atom stereocenters. The van der Waals surface area contributed by atoms with E-state index < -0.39 is 9.84 Å². The molecule has 1 N–H and O–H groups in total. The van der Waals surface area contributed by atoms with E-state index in [1.807, 2.05) is 0 Å². The number of hydrogen-bond acceptors (Lipinski definition) is 5. The summed E-state index contributed by atoms with van der Waals surface area (Å²) in [5.41, 5.74) is 0.768. The third kappa shape index (κ3) is 3.05. The molecule has 0 aromatic carbocycles. The normalized spacial score (nSPS) is 23.2. The van der Waals surface area contributed by atoms with Crippen molar-refractivity contribution >= 4 is 27.1 Å². The van der Waals surface area contributed by atoms with Gasteiger partial charge in [0.2, 0.25) is 0 Å². The van der Waals surface area contributed by atoms with Crippen molar-refractivity contribution in [3.8, 4) is 0 Å². The topological polar surface area (TPSA) is 72.0 Å². The fourth-order valence-corrected chi connectivity index (χ4v) is 3.76. The molecule has 0 bridgehead atoms. The van der Waals surface area contributed by atoms with Crippen molar-refractivity contribution in [3.63, 3.8) is 0 Å². The molecule has 2 rings (SSSR count). The van der Waals surface area contributed by atoms with Crippen molar-refractivity contribution in [2.24, 2.45) is 5.92 Å². The Morgan fingerprint density at radius 2 is 2.38 bits per heavy atom. The molecular formula is C9H12ClN3O2S. The van der Waals surface area contributed by atoms with E-state index in [2.05, 4.69) is 15.5 Å². The van der Waals surface area contributed by atoms with Crippen molar-refractivity contribution in [2.45, 2.75) is 6.42 Å². The smallest absolute Gasteiger partial charge is 0.153 e. The highest BCUT2D eigenvalue weighted by Gasteiger charge is 2.27. The molecule has 1 aromatic heterocycles. The maximum absolute atomic E-state index is 11.2. The number of sulfone groups is 1. The third-order valence-electron chi connectivity index (χ3n) is 2.55. The minimum atomic E-state index is -2.80. The van der Waals surface area contributed by atoms with E-state index in [-0.39, 0.29) is 11.7 Å². The molecule has 7 heteroatoms. The Balaban J connectivity index is 1.89. The van der Waals surface area contributed by atoms with E-state index in [1.165, 1.54) is 0 Å². The Hall–Kier alpha value is -0.880. The molecule has 0 saturated carbocycles. The second-order valence-electron chi connectivity index (χ2n) is 3.92. The minimum Gasteiger partial charge on any atom is -0.383 e. The summed E-state index contributed by atoms with van der Waals surface area (Å²) < 4.78 is 22.5. The van der Waals surface area contributed by atoms with Crippen LogP contribution < -0.4 is 5.32 Å². The molecule has 1 saturated heterocycles. The summed E-state index contributed by atoms with van der Waals surface area (Å²) in [5, 5.41) is 10.8. The number of rotatable bonds is 3. The van der Waals surface area contributed by atoms with Crippen molar-refractivity contribution in [3.05, 3.63) is 17.4 Å². The molecule has 16 heavy (non-hydrogen) atoms. The van der Waals surface area contributed by atoms with Crippen LogP contribution in [0.4, 0.5) is 5.69 Å². The van der Waals surface area contributed by atoms with Gasteiger partial charge in [-0.1, -0.05) is 11.6 Å². The van der Waals surface area contributed by atoms with E-state index in [0.29, 0.717) is 17.5 Å². The van der Waals surface area contributed by atoms with Crippen LogP contribution >= 0.6 is 11.6 Å². The summed E-state index contributed by atoms with van der Waals surface area (Å²) in [4.78, 5) is 0. The fraction of sp³-hybridized carbons (Fsp3) is 0.556. The third-order valence-corrected chi connectivity index (χ3v) is 4.57. The highest BCUT2D eigenvalue weighted by Crippen LogP contribution is 2.19. The number of nitrogens with zero attached hydrogens (tertiary/aromatic N) is 2. The number of halogens is 1. The van der Waals surface area contributed by atoms with Gasteiger partial charge in [-0.05, 0) is 12.3 Å². The van der Waals surface area contributed by atoms with Crippen LogP contribution in [0.5, 0.6) is 0 Å². The molecule has 0 spiro atoms. The van der Waals surface area contributed by atoms with Crippen LogP contribution in [-0.4, -0.2) is 36.7 Å². The largest absolute Gasteiger partial charge is 0.383 e. The van der Waals surface area contributed by atoms with Gasteiger partial charge >= 0.3 is 0 Å². The molecule has 88 valence electrons. The zero-order chi connectivity index (χ0) is 11.6. The number of aromatic nitrogens is 2. The van der Waals surface area contributed by atoms with Gasteiger partial charge in [-0.3, -0.25) is 0 Å². The van der Waals surface area contributed by atoms with Gasteiger partial charge in [-0.2, -0.15) is 5.10 Å². The van der Waals surface area contributed by atoms with Gasteiger partial charge in [0, 0.05) is 12.6 Å². The molecule has 5 nitrogen and oxygen atoms in total. The summed E-state index contributed by atoms with van der Waals surface area (Å²) in [6, 6.07) is 1.66. The van der Waals surface area contributed by atoms with Crippen LogP contribution in [0.1, 0.15) is 6.42 Å². The average Bonchev–Trinajstić information content (AvgIpc) is 2.56. The first-order valence-electron chi connectivity index (χ1n) is 4.98. The second kappa shape index (κ2) is 4.55. The Kier molecular flexibility index (Phi) is 3.30. The van der Waals surface area contributed by atoms with Gasteiger partial charge in [0.05, 0.1) is 23.4 Å². The van der Waals surface area contributed by atoms with Crippen LogP contribution in [-0.2, 0) is 9.84 Å². The molecule has 1 aromatic rings. The van der Waals surface area contributed by atoms with Crippen molar-refractivity contribution < 1.29 is 8.42 Å². The molecule has 1 aliphatic heterocycles. The van der Waals surface area contributed by atoms with Crippen LogP contribution in [0.15, 0.2) is 12.3 Å². The summed E-state index contributed by atoms with van der Waals surface area (Å²) in [6.45, 7) is 0.626. The quantitative estimate of drug-likeness (QED) is 0.878. The van der Waals surface area contributed by atoms with Gasteiger partial charge in [0.15, 0.2) is 15.0 Å². The minimum absolute atomic E-state index is 0.178. The van der Waals surface area contributed by atoms with Gasteiger partial charge in [-0.25, -0.2) is 8.42 Å². The van der Waals surface area contributed by atoms with Crippen LogP contribution in [0.3, 0.4) is 0 Å². The molecule has 2 heterocycles. The Labute approximate surface area is 99.1 Å². The lowest BCUT2D eigenvalue weighted by molar-refractivity contribution is 0.596. The molecule has 1 unspecified atom stereocenters. The highest BCUT2D eigenvalue weighted by atomic mass is 35.5. The Morgan fingerprint density at radius 1 is 1.56 bits per heavy atom. The Morgan fingerprint density at radius 3 is 3.00 bits per heavy atom. The predicted molar refractivity (Wildman–Crippen MR) is 62.3 cm³/mol. The first-order valence-corrected chi connectivity index (χ1v) is 7.18. The Bertz CT molecular complexity index is 477. The van der Waals surface area contributed by atoms with Gasteiger partial charge < -0.3 is 5.32 Å². The monoisotopic (exact) mass is 261 g/mol. The molecular weight excluding hydrogens is 250 g/mol. The van der Waals surface area contributed by atoms with Gasteiger partial charge in [-0.15, -0.1) is 5.10 Å². The van der Waals surface area contributed by atoms with Crippen LogP contribution in [0.25, 0.3) is 0 Å². The average molecular weight is 262 g/mol. The van der Waals surface area contributed by atoms with E-state index in [0.717, 1.165) is 12.1 Å². The summed E-state index contributed by atoms with van der Waals surface area (Å²) in [6.07, 6.45) is 2.29. The maximum Gasteiger partial charge on any atom is 0.153 e. The molecule has 1 aliphatic rings. The summed E-state index contributed by atoms with van der Waals surface area (Å²) in [5.74, 6) is 0.748. The van der Waals surface area contributed by atoms with Gasteiger partial charge in [0.1, 0.15) is 0 Å².